The Bertz CT molecular complexity index is 502. The highest BCUT2D eigenvalue weighted by Crippen LogP contribution is 2.41. The van der Waals surface area contributed by atoms with Crippen molar-refractivity contribution in [2.24, 2.45) is 5.92 Å². The molecule has 1 heterocycles. The Balaban J connectivity index is 2.29. The van der Waals surface area contributed by atoms with Crippen molar-refractivity contribution in [1.29, 1.82) is 0 Å². The summed E-state index contributed by atoms with van der Waals surface area (Å²) in [4.78, 5) is 22.6. The minimum Gasteiger partial charge on any atom is -0.480 e. The second-order valence-electron chi connectivity index (χ2n) is 5.36. The van der Waals surface area contributed by atoms with E-state index in [0.717, 1.165) is 30.7 Å². The first-order valence-corrected chi connectivity index (χ1v) is 8.28. The van der Waals surface area contributed by atoms with E-state index in [2.05, 4.69) is 4.74 Å². The zero-order chi connectivity index (χ0) is 14.9. The van der Waals surface area contributed by atoms with Gasteiger partial charge in [-0.3, -0.25) is 9.59 Å². The van der Waals surface area contributed by atoms with E-state index in [4.69, 9.17) is 0 Å². The van der Waals surface area contributed by atoms with E-state index in [-0.39, 0.29) is 12.0 Å². The summed E-state index contributed by atoms with van der Waals surface area (Å²) in [6, 6.07) is -1.35. The first-order valence-electron chi connectivity index (χ1n) is 6.67. The smallest absolute Gasteiger partial charge is 0.322 e. The van der Waals surface area contributed by atoms with Gasteiger partial charge < -0.3 is 9.84 Å². The van der Waals surface area contributed by atoms with Gasteiger partial charge >= 0.3 is 11.9 Å². The fourth-order valence-electron chi connectivity index (χ4n) is 3.31. The lowest BCUT2D eigenvalue weighted by Gasteiger charge is -2.31. The predicted octanol–water partition coefficient (Wildman–Crippen LogP) is 0.207. The quantitative estimate of drug-likeness (QED) is 0.745. The summed E-state index contributed by atoms with van der Waals surface area (Å²) in [6.45, 7) is 0. The van der Waals surface area contributed by atoms with Crippen LogP contribution in [0.4, 0.5) is 0 Å². The lowest BCUT2D eigenvalue weighted by atomic mass is 9.85. The van der Waals surface area contributed by atoms with Crippen LogP contribution in [0, 0.1) is 5.92 Å². The summed E-state index contributed by atoms with van der Waals surface area (Å²) in [6.07, 6.45) is 3.73. The third-order valence-corrected chi connectivity index (χ3v) is 5.93. The molecule has 2 fully saturated rings. The SMILES string of the molecule is COC(=O)CS(=O)(=O)N1C(C(=O)O)CC2CCCCC21. The Labute approximate surface area is 117 Å². The second-order valence-corrected chi connectivity index (χ2v) is 7.24. The summed E-state index contributed by atoms with van der Waals surface area (Å²) in [5.41, 5.74) is 0. The van der Waals surface area contributed by atoms with Crippen LogP contribution in [0.5, 0.6) is 0 Å². The van der Waals surface area contributed by atoms with Gasteiger partial charge in [-0.15, -0.1) is 0 Å². The standard InChI is InChI=1S/C12H19NO6S/c1-19-11(14)7-20(17,18)13-9-5-3-2-4-8(9)6-10(13)12(15)16/h8-10H,2-7H2,1H3,(H,15,16). The number of hydrogen-bond acceptors (Lipinski definition) is 5. The van der Waals surface area contributed by atoms with E-state index in [1.165, 1.54) is 0 Å². The highest BCUT2D eigenvalue weighted by molar-refractivity contribution is 7.89. The molecule has 1 aliphatic carbocycles. The minimum absolute atomic E-state index is 0.0808. The number of ether oxygens (including phenoxy) is 1. The topological polar surface area (TPSA) is 101 Å². The second kappa shape index (κ2) is 5.69. The van der Waals surface area contributed by atoms with E-state index >= 15 is 0 Å². The molecule has 0 bridgehead atoms. The Kier molecular flexibility index (Phi) is 4.33. The fraction of sp³-hybridized carbons (Fsp3) is 0.833. The molecular formula is C12H19NO6S. The van der Waals surface area contributed by atoms with Gasteiger partial charge in [0.25, 0.3) is 0 Å². The Hall–Kier alpha value is -1.15. The number of aliphatic carboxylic acids is 1. The summed E-state index contributed by atoms with van der Waals surface area (Å²) in [5.74, 6) is -2.73. The van der Waals surface area contributed by atoms with Crippen LogP contribution in [-0.4, -0.2) is 54.7 Å². The van der Waals surface area contributed by atoms with Crippen molar-refractivity contribution in [3.8, 4) is 0 Å². The lowest BCUT2D eigenvalue weighted by Crippen LogP contribution is -2.48. The van der Waals surface area contributed by atoms with Crippen LogP contribution in [0.15, 0.2) is 0 Å². The van der Waals surface area contributed by atoms with Gasteiger partial charge in [-0.2, -0.15) is 4.31 Å². The maximum atomic E-state index is 12.3. The molecule has 0 aromatic rings. The van der Waals surface area contributed by atoms with Gasteiger partial charge in [0.05, 0.1) is 7.11 Å². The van der Waals surface area contributed by atoms with Crippen molar-refractivity contribution < 1.29 is 27.9 Å². The summed E-state index contributed by atoms with van der Waals surface area (Å²) >= 11 is 0. The first kappa shape index (κ1) is 15.2. The molecule has 0 spiro atoms. The molecule has 1 saturated carbocycles. The maximum Gasteiger partial charge on any atom is 0.322 e. The number of nitrogens with zero attached hydrogens (tertiary/aromatic N) is 1. The molecular weight excluding hydrogens is 286 g/mol. The average Bonchev–Trinajstić information content (AvgIpc) is 2.78. The molecule has 1 saturated heterocycles. The van der Waals surface area contributed by atoms with Crippen LogP contribution < -0.4 is 0 Å². The van der Waals surface area contributed by atoms with E-state index in [1.54, 1.807) is 0 Å². The lowest BCUT2D eigenvalue weighted by molar-refractivity contribution is -0.141. The van der Waals surface area contributed by atoms with Gasteiger partial charge in [0, 0.05) is 6.04 Å². The maximum absolute atomic E-state index is 12.3. The van der Waals surface area contributed by atoms with Crippen molar-refractivity contribution >= 4 is 22.0 Å². The number of fused-ring (bicyclic) bond motifs is 1. The number of rotatable bonds is 4. The van der Waals surface area contributed by atoms with Crippen molar-refractivity contribution in [3.05, 3.63) is 0 Å². The highest BCUT2D eigenvalue weighted by Gasteiger charge is 2.51. The van der Waals surface area contributed by atoms with Crippen LogP contribution in [0.3, 0.4) is 0 Å². The van der Waals surface area contributed by atoms with Crippen LogP contribution in [0.1, 0.15) is 32.1 Å². The molecule has 3 atom stereocenters. The van der Waals surface area contributed by atoms with Gasteiger partial charge in [-0.25, -0.2) is 8.42 Å². The van der Waals surface area contributed by atoms with Crippen molar-refractivity contribution in [2.45, 2.75) is 44.2 Å². The number of carboxylic acids is 1. The molecule has 1 aliphatic heterocycles. The number of methoxy groups -OCH3 is 1. The molecule has 0 aromatic heterocycles. The number of sulfonamides is 1. The monoisotopic (exact) mass is 305 g/mol. The number of hydrogen-bond donors (Lipinski definition) is 1. The average molecular weight is 305 g/mol. The third-order valence-electron chi connectivity index (χ3n) is 4.16. The Morgan fingerprint density at radius 2 is 1.95 bits per heavy atom. The van der Waals surface area contributed by atoms with Crippen LogP contribution >= 0.6 is 0 Å². The molecule has 3 unspecified atom stereocenters. The zero-order valence-corrected chi connectivity index (χ0v) is 12.1. The van der Waals surface area contributed by atoms with Gasteiger partial charge in [-0.05, 0) is 25.2 Å². The van der Waals surface area contributed by atoms with Crippen molar-refractivity contribution in [1.82, 2.24) is 4.31 Å². The Morgan fingerprint density at radius 3 is 2.55 bits per heavy atom. The van der Waals surface area contributed by atoms with Crippen LogP contribution in [0.25, 0.3) is 0 Å². The number of carboxylic acid groups (broad SMARTS) is 1. The molecule has 0 aromatic carbocycles. The van der Waals surface area contributed by atoms with Gasteiger partial charge in [0.2, 0.25) is 10.0 Å². The summed E-state index contributed by atoms with van der Waals surface area (Å²) < 4.78 is 30.1. The molecule has 8 heteroatoms. The third kappa shape index (κ3) is 2.80. The number of carbonyl (C=O) groups is 2. The van der Waals surface area contributed by atoms with Crippen molar-refractivity contribution in [2.75, 3.05) is 12.9 Å². The number of carbonyl (C=O) groups excluding carboxylic acids is 1. The van der Waals surface area contributed by atoms with Gasteiger partial charge in [-0.1, -0.05) is 12.8 Å². The van der Waals surface area contributed by atoms with E-state index in [0.29, 0.717) is 12.8 Å². The number of esters is 1. The Morgan fingerprint density at radius 1 is 1.30 bits per heavy atom. The normalized spacial score (nSPS) is 30.8. The van der Waals surface area contributed by atoms with Crippen LogP contribution in [-0.2, 0) is 24.3 Å². The van der Waals surface area contributed by atoms with E-state index in [1.807, 2.05) is 0 Å². The molecule has 7 nitrogen and oxygen atoms in total. The zero-order valence-electron chi connectivity index (χ0n) is 11.3. The first-order chi connectivity index (χ1) is 9.36. The fourth-order valence-corrected chi connectivity index (χ4v) is 5.13. The largest absolute Gasteiger partial charge is 0.480 e. The van der Waals surface area contributed by atoms with Crippen molar-refractivity contribution in [3.63, 3.8) is 0 Å². The molecule has 0 amide bonds. The molecule has 1 N–H and O–H groups in total. The van der Waals surface area contributed by atoms with E-state index in [9.17, 15) is 23.1 Å². The molecule has 20 heavy (non-hydrogen) atoms. The molecule has 2 aliphatic rings. The molecule has 0 radical (unpaired) electrons. The van der Waals surface area contributed by atoms with Gasteiger partial charge in [0.15, 0.2) is 5.75 Å². The highest BCUT2D eigenvalue weighted by atomic mass is 32.2. The summed E-state index contributed by atoms with van der Waals surface area (Å²) in [7, 11) is -2.85. The molecule has 114 valence electrons. The van der Waals surface area contributed by atoms with E-state index < -0.39 is 33.8 Å². The predicted molar refractivity (Wildman–Crippen MR) is 69.4 cm³/mol. The van der Waals surface area contributed by atoms with Gasteiger partial charge in [0.1, 0.15) is 6.04 Å². The minimum atomic E-state index is -3.96. The molecule has 2 rings (SSSR count). The van der Waals surface area contributed by atoms with Crippen LogP contribution in [0.2, 0.25) is 0 Å². The summed E-state index contributed by atoms with van der Waals surface area (Å²) in [5, 5.41) is 9.26.